The summed E-state index contributed by atoms with van der Waals surface area (Å²) in [6.45, 7) is 1.93. The van der Waals surface area contributed by atoms with Crippen molar-refractivity contribution in [3.8, 4) is 0 Å². The Morgan fingerprint density at radius 1 is 1.35 bits per heavy atom. The van der Waals surface area contributed by atoms with E-state index in [1.54, 1.807) is 20.0 Å². The zero-order valence-electron chi connectivity index (χ0n) is 10.8. The molecule has 1 aromatic carbocycles. The van der Waals surface area contributed by atoms with Crippen LogP contribution in [-0.4, -0.2) is 16.4 Å². The van der Waals surface area contributed by atoms with Gasteiger partial charge in [-0.25, -0.2) is 4.98 Å². The van der Waals surface area contributed by atoms with E-state index in [-0.39, 0.29) is 12.1 Å². The summed E-state index contributed by atoms with van der Waals surface area (Å²) < 4.78 is 43.7. The number of hydrogen-bond acceptors (Lipinski definition) is 5. The number of alkyl halides is 3. The van der Waals surface area contributed by atoms with Gasteiger partial charge in [-0.2, -0.15) is 17.5 Å². The van der Waals surface area contributed by atoms with Gasteiger partial charge in [0.2, 0.25) is 0 Å². The number of aryl methyl sites for hydroxylation is 1. The number of halogens is 3. The molecule has 108 valence electrons. The molecule has 0 spiro atoms. The van der Waals surface area contributed by atoms with Crippen molar-refractivity contribution >= 4 is 23.3 Å². The van der Waals surface area contributed by atoms with Crippen molar-refractivity contribution in [2.75, 3.05) is 7.05 Å². The molecule has 3 nitrogen and oxygen atoms in total. The van der Waals surface area contributed by atoms with Gasteiger partial charge in [0, 0.05) is 11.4 Å². The Morgan fingerprint density at radius 2 is 2.10 bits per heavy atom. The standard InChI is InChI=1S/C12H12F3N3S2/c1-7-17-11(20-18-7)19-9-4-3-8(6-16-2)10(5-9)12(13,14)15/h3-5,16H,6H2,1-2H3. The average Bonchev–Trinajstić information content (AvgIpc) is 2.76. The van der Waals surface area contributed by atoms with Gasteiger partial charge in [0.1, 0.15) is 5.82 Å². The fourth-order valence-corrected chi connectivity index (χ4v) is 3.31. The highest BCUT2D eigenvalue weighted by molar-refractivity contribution is 8.01. The third kappa shape index (κ3) is 3.71. The van der Waals surface area contributed by atoms with Crippen LogP contribution in [-0.2, 0) is 12.7 Å². The molecule has 0 aliphatic rings. The molecule has 0 bridgehead atoms. The van der Waals surface area contributed by atoms with Crippen LogP contribution in [0.4, 0.5) is 13.2 Å². The van der Waals surface area contributed by atoms with Crippen LogP contribution in [0.3, 0.4) is 0 Å². The van der Waals surface area contributed by atoms with E-state index >= 15 is 0 Å². The van der Waals surface area contributed by atoms with Gasteiger partial charge < -0.3 is 5.32 Å². The molecule has 0 aliphatic heterocycles. The maximum Gasteiger partial charge on any atom is 0.416 e. The molecule has 2 aromatic rings. The number of aromatic nitrogens is 2. The maximum absolute atomic E-state index is 13.0. The SMILES string of the molecule is CNCc1ccc(Sc2nc(C)ns2)cc1C(F)(F)F. The first-order valence-corrected chi connectivity index (χ1v) is 7.32. The highest BCUT2D eigenvalue weighted by atomic mass is 32.2. The molecule has 0 unspecified atom stereocenters. The lowest BCUT2D eigenvalue weighted by atomic mass is 10.1. The molecule has 0 radical (unpaired) electrons. The van der Waals surface area contributed by atoms with E-state index in [1.165, 1.54) is 29.4 Å². The van der Waals surface area contributed by atoms with Gasteiger partial charge in [0.05, 0.1) is 5.56 Å². The van der Waals surface area contributed by atoms with Crippen molar-refractivity contribution in [1.82, 2.24) is 14.7 Å². The molecular weight excluding hydrogens is 307 g/mol. The zero-order valence-corrected chi connectivity index (χ0v) is 12.4. The minimum Gasteiger partial charge on any atom is -0.316 e. The molecule has 1 heterocycles. The van der Waals surface area contributed by atoms with Gasteiger partial charge in [0.25, 0.3) is 0 Å². The summed E-state index contributed by atoms with van der Waals surface area (Å²) in [7, 11) is 1.62. The summed E-state index contributed by atoms with van der Waals surface area (Å²) in [5.74, 6) is 0.625. The Bertz CT molecular complexity index is 596. The average molecular weight is 319 g/mol. The van der Waals surface area contributed by atoms with E-state index < -0.39 is 11.7 Å². The summed E-state index contributed by atoms with van der Waals surface area (Å²) in [6.07, 6.45) is -4.36. The first-order valence-electron chi connectivity index (χ1n) is 5.73. The highest BCUT2D eigenvalue weighted by Crippen LogP contribution is 2.37. The predicted octanol–water partition coefficient (Wildman–Crippen LogP) is 3.74. The van der Waals surface area contributed by atoms with E-state index in [2.05, 4.69) is 14.7 Å². The van der Waals surface area contributed by atoms with Gasteiger partial charge in [-0.1, -0.05) is 17.8 Å². The van der Waals surface area contributed by atoms with Crippen molar-refractivity contribution < 1.29 is 13.2 Å². The van der Waals surface area contributed by atoms with E-state index in [4.69, 9.17) is 0 Å². The molecule has 0 atom stereocenters. The molecule has 0 aliphatic carbocycles. The number of nitrogens with zero attached hydrogens (tertiary/aromatic N) is 2. The predicted molar refractivity (Wildman–Crippen MR) is 73.0 cm³/mol. The summed E-state index contributed by atoms with van der Waals surface area (Å²) >= 11 is 2.37. The van der Waals surface area contributed by atoms with Crippen molar-refractivity contribution in [3.63, 3.8) is 0 Å². The number of hydrogen-bond donors (Lipinski definition) is 1. The normalized spacial score (nSPS) is 11.8. The minimum atomic E-state index is -4.36. The Morgan fingerprint density at radius 3 is 2.65 bits per heavy atom. The van der Waals surface area contributed by atoms with E-state index in [1.807, 2.05) is 0 Å². The smallest absolute Gasteiger partial charge is 0.316 e. The second kappa shape index (κ2) is 6.11. The van der Waals surface area contributed by atoms with Crippen molar-refractivity contribution in [3.05, 3.63) is 35.2 Å². The zero-order chi connectivity index (χ0) is 14.8. The lowest BCUT2D eigenvalue weighted by Crippen LogP contribution is -2.14. The van der Waals surface area contributed by atoms with Crippen LogP contribution in [0.15, 0.2) is 27.4 Å². The van der Waals surface area contributed by atoms with Crippen molar-refractivity contribution in [1.29, 1.82) is 0 Å². The fourth-order valence-electron chi connectivity index (χ4n) is 1.65. The lowest BCUT2D eigenvalue weighted by molar-refractivity contribution is -0.138. The molecule has 2 rings (SSSR count). The molecular formula is C12H12F3N3S2. The van der Waals surface area contributed by atoms with E-state index in [0.717, 1.165) is 6.07 Å². The number of benzene rings is 1. The summed E-state index contributed by atoms with van der Waals surface area (Å²) in [5, 5.41) is 2.74. The molecule has 1 N–H and O–H groups in total. The molecule has 0 saturated carbocycles. The van der Waals surface area contributed by atoms with Crippen LogP contribution in [0.25, 0.3) is 0 Å². The Balaban J connectivity index is 2.31. The molecule has 1 aromatic heterocycles. The quantitative estimate of drug-likeness (QED) is 0.932. The second-order valence-electron chi connectivity index (χ2n) is 4.06. The maximum atomic E-state index is 13.0. The first kappa shape index (κ1) is 15.3. The van der Waals surface area contributed by atoms with Crippen LogP contribution >= 0.6 is 23.3 Å². The van der Waals surface area contributed by atoms with Crippen LogP contribution in [0, 0.1) is 6.92 Å². The van der Waals surface area contributed by atoms with Gasteiger partial charge in [0.15, 0.2) is 4.34 Å². The van der Waals surface area contributed by atoms with Gasteiger partial charge in [-0.05, 0) is 43.2 Å². The topological polar surface area (TPSA) is 37.8 Å². The first-order chi connectivity index (χ1) is 9.40. The number of rotatable bonds is 4. The highest BCUT2D eigenvalue weighted by Gasteiger charge is 2.33. The lowest BCUT2D eigenvalue weighted by Gasteiger charge is -2.13. The van der Waals surface area contributed by atoms with Crippen LogP contribution in [0.5, 0.6) is 0 Å². The molecule has 0 amide bonds. The van der Waals surface area contributed by atoms with Gasteiger partial charge in [-0.3, -0.25) is 0 Å². The largest absolute Gasteiger partial charge is 0.416 e. The number of nitrogens with one attached hydrogen (secondary N) is 1. The van der Waals surface area contributed by atoms with E-state index in [0.29, 0.717) is 15.1 Å². The third-order valence-corrected chi connectivity index (χ3v) is 4.30. The Kier molecular flexibility index (Phi) is 4.66. The van der Waals surface area contributed by atoms with Gasteiger partial charge >= 0.3 is 6.18 Å². The third-order valence-electron chi connectivity index (χ3n) is 2.47. The summed E-state index contributed by atoms with van der Waals surface area (Å²) in [6, 6.07) is 4.33. The van der Waals surface area contributed by atoms with E-state index in [9.17, 15) is 13.2 Å². The Hall–Kier alpha value is -1.12. The summed E-state index contributed by atoms with van der Waals surface area (Å²) in [5.41, 5.74) is -0.379. The molecule has 20 heavy (non-hydrogen) atoms. The Labute approximate surface area is 122 Å². The van der Waals surface area contributed by atoms with Gasteiger partial charge in [-0.15, -0.1) is 0 Å². The van der Waals surface area contributed by atoms with Crippen LogP contribution < -0.4 is 5.32 Å². The molecule has 0 saturated heterocycles. The van der Waals surface area contributed by atoms with Crippen LogP contribution in [0.1, 0.15) is 17.0 Å². The molecule has 8 heteroatoms. The molecule has 0 fully saturated rings. The second-order valence-corrected chi connectivity index (χ2v) is 6.13. The van der Waals surface area contributed by atoms with Crippen LogP contribution in [0.2, 0.25) is 0 Å². The van der Waals surface area contributed by atoms with Crippen molar-refractivity contribution in [2.24, 2.45) is 0 Å². The monoisotopic (exact) mass is 319 g/mol. The fraction of sp³-hybridized carbons (Fsp3) is 0.333. The minimum absolute atomic E-state index is 0.178. The summed E-state index contributed by atoms with van der Waals surface area (Å²) in [4.78, 5) is 4.64. The van der Waals surface area contributed by atoms with Crippen molar-refractivity contribution in [2.45, 2.75) is 28.9 Å².